The van der Waals surface area contributed by atoms with Crippen LogP contribution in [0, 0.1) is 0 Å². The van der Waals surface area contributed by atoms with E-state index in [9.17, 15) is 4.79 Å². The Morgan fingerprint density at radius 1 is 1.10 bits per heavy atom. The average molecular weight is 399 g/mol. The van der Waals surface area contributed by atoms with Crippen molar-refractivity contribution in [1.82, 2.24) is 5.32 Å². The molecule has 0 atom stereocenters. The minimum absolute atomic E-state index is 0.124. The van der Waals surface area contributed by atoms with Crippen molar-refractivity contribution in [3.63, 3.8) is 0 Å². The van der Waals surface area contributed by atoms with E-state index < -0.39 is 0 Å². The van der Waals surface area contributed by atoms with E-state index in [2.05, 4.69) is 37.2 Å². The molecule has 2 rings (SSSR count). The van der Waals surface area contributed by atoms with E-state index in [0.717, 1.165) is 14.7 Å². The first-order chi connectivity index (χ1) is 9.66. The zero-order chi connectivity index (χ0) is 14.4. The molecule has 0 radical (unpaired) electrons. The van der Waals surface area contributed by atoms with Gasteiger partial charge in [0.2, 0.25) is 0 Å². The van der Waals surface area contributed by atoms with Crippen molar-refractivity contribution >= 4 is 37.8 Å². The van der Waals surface area contributed by atoms with Gasteiger partial charge in [-0.15, -0.1) is 0 Å². The lowest BCUT2D eigenvalue weighted by Crippen LogP contribution is -2.28. The van der Waals surface area contributed by atoms with E-state index in [1.807, 2.05) is 42.5 Å². The summed E-state index contributed by atoms with van der Waals surface area (Å²) in [4.78, 5) is 12.0. The maximum Gasteiger partial charge on any atom is 0.252 e. The number of halogens is 2. The van der Waals surface area contributed by atoms with Crippen molar-refractivity contribution in [2.24, 2.45) is 0 Å². The Balaban J connectivity index is 1.80. The average Bonchev–Trinajstić information content (AvgIpc) is 2.44. The van der Waals surface area contributed by atoms with Crippen LogP contribution in [-0.2, 0) is 0 Å². The van der Waals surface area contributed by atoms with Crippen LogP contribution in [0.4, 0.5) is 0 Å². The van der Waals surface area contributed by atoms with E-state index in [-0.39, 0.29) is 5.91 Å². The molecule has 2 aromatic carbocycles. The van der Waals surface area contributed by atoms with E-state index in [1.165, 1.54) is 0 Å². The normalized spacial score (nSPS) is 10.1. The van der Waals surface area contributed by atoms with Crippen LogP contribution in [0.15, 0.2) is 57.5 Å². The summed E-state index contributed by atoms with van der Waals surface area (Å²) in [7, 11) is 0. The highest BCUT2D eigenvalue weighted by molar-refractivity contribution is 9.11. The number of rotatable bonds is 5. The predicted molar refractivity (Wildman–Crippen MR) is 86.1 cm³/mol. The van der Waals surface area contributed by atoms with E-state index in [1.54, 1.807) is 6.07 Å². The summed E-state index contributed by atoms with van der Waals surface area (Å²) in [6, 6.07) is 15.0. The molecular weight excluding hydrogens is 386 g/mol. The van der Waals surface area contributed by atoms with Gasteiger partial charge in [0.15, 0.2) is 0 Å². The molecule has 2 aromatic rings. The van der Waals surface area contributed by atoms with Crippen LogP contribution < -0.4 is 10.1 Å². The van der Waals surface area contributed by atoms with Crippen LogP contribution >= 0.6 is 31.9 Å². The lowest BCUT2D eigenvalue weighted by molar-refractivity contribution is 0.0946. The van der Waals surface area contributed by atoms with Crippen LogP contribution in [0.25, 0.3) is 0 Å². The molecule has 5 heteroatoms. The molecule has 0 aliphatic carbocycles. The van der Waals surface area contributed by atoms with Crippen LogP contribution in [-0.4, -0.2) is 19.1 Å². The first kappa shape index (κ1) is 15.1. The van der Waals surface area contributed by atoms with Gasteiger partial charge in [0.25, 0.3) is 5.91 Å². The summed E-state index contributed by atoms with van der Waals surface area (Å²) in [5.41, 5.74) is 0.605. The first-order valence-corrected chi connectivity index (χ1v) is 7.66. The summed E-state index contributed by atoms with van der Waals surface area (Å²) in [5.74, 6) is 0.674. The zero-order valence-electron chi connectivity index (χ0n) is 10.6. The lowest BCUT2D eigenvalue weighted by Gasteiger charge is -2.08. The molecule has 0 saturated heterocycles. The van der Waals surface area contributed by atoms with Crippen molar-refractivity contribution in [2.45, 2.75) is 0 Å². The maximum absolute atomic E-state index is 12.0. The largest absolute Gasteiger partial charge is 0.492 e. The molecule has 104 valence electrons. The SMILES string of the molecule is O=C(NCCOc1ccccc1)c1ccc(Br)cc1Br. The number of hydrogen-bond donors (Lipinski definition) is 1. The van der Waals surface area contributed by atoms with Crippen LogP contribution in [0.5, 0.6) is 5.75 Å². The summed E-state index contributed by atoms with van der Waals surface area (Å²) in [6.07, 6.45) is 0. The quantitative estimate of drug-likeness (QED) is 0.772. The maximum atomic E-state index is 12.0. The second-order valence-corrected chi connectivity index (χ2v) is 5.81. The Morgan fingerprint density at radius 3 is 2.55 bits per heavy atom. The Bertz CT molecular complexity index is 588. The predicted octanol–water partition coefficient (Wildman–Crippen LogP) is 4.02. The smallest absolute Gasteiger partial charge is 0.252 e. The molecule has 0 aliphatic rings. The number of hydrogen-bond acceptors (Lipinski definition) is 2. The standard InChI is InChI=1S/C15H13Br2NO2/c16-11-6-7-13(14(17)10-11)15(19)18-8-9-20-12-4-2-1-3-5-12/h1-7,10H,8-9H2,(H,18,19). The number of amides is 1. The van der Waals surface area contributed by atoms with Crippen molar-refractivity contribution in [3.8, 4) is 5.75 Å². The monoisotopic (exact) mass is 397 g/mol. The van der Waals surface area contributed by atoms with Crippen molar-refractivity contribution in [2.75, 3.05) is 13.2 Å². The summed E-state index contributed by atoms with van der Waals surface area (Å²) < 4.78 is 7.19. The Morgan fingerprint density at radius 2 is 1.85 bits per heavy atom. The third kappa shape index (κ3) is 4.35. The summed E-state index contributed by atoms with van der Waals surface area (Å²) in [6.45, 7) is 0.889. The number of nitrogens with one attached hydrogen (secondary N) is 1. The minimum Gasteiger partial charge on any atom is -0.492 e. The fraction of sp³-hybridized carbons (Fsp3) is 0.133. The second kappa shape index (κ2) is 7.45. The highest BCUT2D eigenvalue weighted by Crippen LogP contribution is 2.21. The molecule has 0 spiro atoms. The van der Waals surface area contributed by atoms with E-state index >= 15 is 0 Å². The highest BCUT2D eigenvalue weighted by Gasteiger charge is 2.09. The van der Waals surface area contributed by atoms with Crippen molar-refractivity contribution in [3.05, 3.63) is 63.0 Å². The molecule has 0 aliphatic heterocycles. The second-order valence-electron chi connectivity index (χ2n) is 4.04. The van der Waals surface area contributed by atoms with Crippen LogP contribution in [0.1, 0.15) is 10.4 Å². The minimum atomic E-state index is -0.124. The molecule has 0 heterocycles. The Labute approximate surface area is 134 Å². The van der Waals surface area contributed by atoms with Gasteiger partial charge in [-0.3, -0.25) is 4.79 Å². The van der Waals surface area contributed by atoms with Gasteiger partial charge in [0.05, 0.1) is 12.1 Å². The summed E-state index contributed by atoms with van der Waals surface area (Å²) in [5, 5.41) is 2.82. The molecule has 3 nitrogen and oxygen atoms in total. The van der Waals surface area contributed by atoms with Gasteiger partial charge in [-0.1, -0.05) is 34.1 Å². The molecule has 0 saturated carbocycles. The van der Waals surface area contributed by atoms with Gasteiger partial charge in [0.1, 0.15) is 12.4 Å². The fourth-order valence-corrected chi connectivity index (χ4v) is 2.85. The third-order valence-corrected chi connectivity index (χ3v) is 3.72. The van der Waals surface area contributed by atoms with Gasteiger partial charge in [-0.05, 0) is 46.3 Å². The molecular formula is C15H13Br2NO2. The zero-order valence-corrected chi connectivity index (χ0v) is 13.8. The third-order valence-electron chi connectivity index (χ3n) is 2.58. The Hall–Kier alpha value is -1.33. The lowest BCUT2D eigenvalue weighted by atomic mass is 10.2. The molecule has 0 aromatic heterocycles. The Kier molecular flexibility index (Phi) is 5.61. The highest BCUT2D eigenvalue weighted by atomic mass is 79.9. The van der Waals surface area contributed by atoms with Crippen molar-refractivity contribution in [1.29, 1.82) is 0 Å². The van der Waals surface area contributed by atoms with Gasteiger partial charge >= 0.3 is 0 Å². The molecule has 0 unspecified atom stereocenters. The number of ether oxygens (including phenoxy) is 1. The van der Waals surface area contributed by atoms with Gasteiger partial charge in [0, 0.05) is 8.95 Å². The topological polar surface area (TPSA) is 38.3 Å². The molecule has 20 heavy (non-hydrogen) atoms. The van der Waals surface area contributed by atoms with Gasteiger partial charge < -0.3 is 10.1 Å². The van der Waals surface area contributed by atoms with Crippen LogP contribution in [0.3, 0.4) is 0 Å². The van der Waals surface area contributed by atoms with Crippen molar-refractivity contribution < 1.29 is 9.53 Å². The molecule has 0 fully saturated rings. The number of carbonyl (C=O) groups excluding carboxylic acids is 1. The number of benzene rings is 2. The first-order valence-electron chi connectivity index (χ1n) is 6.08. The van der Waals surface area contributed by atoms with Gasteiger partial charge in [-0.25, -0.2) is 0 Å². The van der Waals surface area contributed by atoms with E-state index in [4.69, 9.17) is 4.74 Å². The number of carbonyl (C=O) groups is 1. The van der Waals surface area contributed by atoms with E-state index in [0.29, 0.717) is 18.7 Å². The number of para-hydroxylation sites is 1. The molecule has 1 amide bonds. The molecule has 0 bridgehead atoms. The molecule has 1 N–H and O–H groups in total. The fourth-order valence-electron chi connectivity index (χ4n) is 1.62. The summed E-state index contributed by atoms with van der Waals surface area (Å²) >= 11 is 6.72. The van der Waals surface area contributed by atoms with Gasteiger partial charge in [-0.2, -0.15) is 0 Å². The van der Waals surface area contributed by atoms with Crippen LogP contribution in [0.2, 0.25) is 0 Å².